The predicted molar refractivity (Wildman–Crippen MR) is 89.3 cm³/mol. The van der Waals surface area contributed by atoms with Crippen LogP contribution in [0.3, 0.4) is 0 Å². The topological polar surface area (TPSA) is 44.4 Å². The summed E-state index contributed by atoms with van der Waals surface area (Å²) in [5.41, 5.74) is 0.994. The Morgan fingerprint density at radius 2 is 1.90 bits per heavy atom. The largest absolute Gasteiger partial charge is 0.356 e. The van der Waals surface area contributed by atoms with Gasteiger partial charge in [0.2, 0.25) is 5.91 Å². The third-order valence-corrected chi connectivity index (χ3v) is 3.71. The van der Waals surface area contributed by atoms with Crippen LogP contribution in [0.25, 0.3) is 0 Å². The monoisotopic (exact) mass is 331 g/mol. The van der Waals surface area contributed by atoms with Gasteiger partial charge in [0, 0.05) is 37.7 Å². The maximum Gasteiger partial charge on any atom is 0.224 e. The quantitative estimate of drug-likeness (QED) is 0.780. The lowest BCUT2D eigenvalue weighted by Gasteiger charge is -2.27. The van der Waals surface area contributed by atoms with Crippen molar-refractivity contribution in [2.45, 2.75) is 12.8 Å². The fourth-order valence-corrected chi connectivity index (χ4v) is 2.44. The van der Waals surface area contributed by atoms with Crippen molar-refractivity contribution in [3.8, 4) is 0 Å². The van der Waals surface area contributed by atoms with Crippen LogP contribution in [-0.2, 0) is 11.2 Å². The van der Waals surface area contributed by atoms with E-state index in [4.69, 9.17) is 11.6 Å². The van der Waals surface area contributed by atoms with Gasteiger partial charge in [-0.1, -0.05) is 23.7 Å². The number of amides is 1. The van der Waals surface area contributed by atoms with Gasteiger partial charge in [0.05, 0.1) is 6.42 Å². The Kier molecular flexibility index (Phi) is 8.69. The number of nitrogens with zero attached hydrogens (tertiary/aromatic N) is 1. The molecule has 0 spiro atoms. The third-order valence-electron chi connectivity index (χ3n) is 3.46. The molecule has 1 aromatic rings. The van der Waals surface area contributed by atoms with Crippen LogP contribution in [0.2, 0.25) is 5.02 Å². The fraction of sp³-hybridized carbons (Fsp3) is 0.533. The number of nitrogens with one attached hydrogen (secondary N) is 2. The summed E-state index contributed by atoms with van der Waals surface area (Å²) in [4.78, 5) is 14.2. The van der Waals surface area contributed by atoms with Gasteiger partial charge >= 0.3 is 0 Å². The molecular weight excluding hydrogens is 309 g/mol. The summed E-state index contributed by atoms with van der Waals surface area (Å²) in [7, 11) is 0. The summed E-state index contributed by atoms with van der Waals surface area (Å²) >= 11 is 5.81. The highest BCUT2D eigenvalue weighted by Crippen LogP contribution is 2.09. The molecule has 1 saturated heterocycles. The summed E-state index contributed by atoms with van der Waals surface area (Å²) in [6.07, 6.45) is 1.43. The van der Waals surface area contributed by atoms with Gasteiger partial charge < -0.3 is 15.5 Å². The zero-order valence-corrected chi connectivity index (χ0v) is 13.7. The van der Waals surface area contributed by atoms with Crippen LogP contribution in [0.1, 0.15) is 12.0 Å². The molecule has 0 bridgehead atoms. The Balaban J connectivity index is 0.00000220. The zero-order chi connectivity index (χ0) is 14.2. The van der Waals surface area contributed by atoms with Crippen molar-refractivity contribution < 1.29 is 4.79 Å². The second-order valence-electron chi connectivity index (χ2n) is 5.10. The molecule has 1 aliphatic rings. The molecule has 1 heterocycles. The van der Waals surface area contributed by atoms with E-state index in [2.05, 4.69) is 15.5 Å². The van der Waals surface area contributed by atoms with E-state index in [1.807, 2.05) is 24.3 Å². The van der Waals surface area contributed by atoms with Crippen molar-refractivity contribution >= 4 is 29.9 Å². The van der Waals surface area contributed by atoms with Gasteiger partial charge in [-0.2, -0.15) is 0 Å². The van der Waals surface area contributed by atoms with Crippen molar-refractivity contribution in [3.05, 3.63) is 34.9 Å². The molecule has 2 N–H and O–H groups in total. The van der Waals surface area contributed by atoms with Gasteiger partial charge in [0.15, 0.2) is 0 Å². The first-order chi connectivity index (χ1) is 9.74. The van der Waals surface area contributed by atoms with Gasteiger partial charge in [-0.3, -0.25) is 4.79 Å². The number of benzene rings is 1. The lowest BCUT2D eigenvalue weighted by molar-refractivity contribution is -0.120. The Morgan fingerprint density at radius 3 is 2.57 bits per heavy atom. The highest BCUT2D eigenvalue weighted by Gasteiger charge is 2.08. The molecule has 1 amide bonds. The normalized spacial score (nSPS) is 15.3. The first-order valence-corrected chi connectivity index (χ1v) is 7.56. The molecule has 0 unspecified atom stereocenters. The first-order valence-electron chi connectivity index (χ1n) is 7.18. The number of piperazine rings is 1. The molecule has 1 aromatic carbocycles. The first kappa shape index (κ1) is 18.2. The molecule has 1 aliphatic heterocycles. The molecule has 6 heteroatoms. The zero-order valence-electron chi connectivity index (χ0n) is 12.1. The minimum Gasteiger partial charge on any atom is -0.356 e. The van der Waals surface area contributed by atoms with E-state index < -0.39 is 0 Å². The Bertz CT molecular complexity index is 419. The Labute approximate surface area is 137 Å². The van der Waals surface area contributed by atoms with Crippen molar-refractivity contribution in [3.63, 3.8) is 0 Å². The molecule has 0 saturated carbocycles. The van der Waals surface area contributed by atoms with Crippen LogP contribution in [-0.4, -0.2) is 50.1 Å². The fourth-order valence-electron chi connectivity index (χ4n) is 2.32. The van der Waals surface area contributed by atoms with E-state index in [9.17, 15) is 4.79 Å². The van der Waals surface area contributed by atoms with Gasteiger partial charge in [-0.05, 0) is 30.7 Å². The van der Waals surface area contributed by atoms with Crippen LogP contribution in [0, 0.1) is 0 Å². The Morgan fingerprint density at radius 1 is 1.24 bits per heavy atom. The minimum absolute atomic E-state index is 0. The van der Waals surface area contributed by atoms with E-state index in [1.54, 1.807) is 0 Å². The average Bonchev–Trinajstić information content (AvgIpc) is 2.47. The van der Waals surface area contributed by atoms with Crippen molar-refractivity contribution in [1.82, 2.24) is 15.5 Å². The number of rotatable bonds is 6. The maximum absolute atomic E-state index is 11.8. The predicted octanol–water partition coefficient (Wildman–Crippen LogP) is 1.72. The van der Waals surface area contributed by atoms with Crippen molar-refractivity contribution in [2.24, 2.45) is 0 Å². The van der Waals surface area contributed by atoms with E-state index >= 15 is 0 Å². The lowest BCUT2D eigenvalue weighted by atomic mass is 10.1. The van der Waals surface area contributed by atoms with E-state index in [0.717, 1.165) is 51.3 Å². The second kappa shape index (κ2) is 10.0. The van der Waals surface area contributed by atoms with Gasteiger partial charge in [0.1, 0.15) is 0 Å². The molecule has 0 aliphatic carbocycles. The van der Waals surface area contributed by atoms with E-state index in [0.29, 0.717) is 11.4 Å². The van der Waals surface area contributed by atoms with E-state index in [1.165, 1.54) is 0 Å². The van der Waals surface area contributed by atoms with E-state index in [-0.39, 0.29) is 18.3 Å². The summed E-state index contributed by atoms with van der Waals surface area (Å²) in [5.74, 6) is 0.0765. The molecular formula is C15H23Cl2N3O. The summed E-state index contributed by atoms with van der Waals surface area (Å²) in [5, 5.41) is 7.00. The summed E-state index contributed by atoms with van der Waals surface area (Å²) in [6.45, 7) is 6.17. The van der Waals surface area contributed by atoms with Crippen LogP contribution >= 0.6 is 24.0 Å². The number of hydrogen-bond donors (Lipinski definition) is 2. The van der Waals surface area contributed by atoms with Gasteiger partial charge in [-0.15, -0.1) is 12.4 Å². The van der Waals surface area contributed by atoms with Crippen molar-refractivity contribution in [1.29, 1.82) is 0 Å². The highest BCUT2D eigenvalue weighted by atomic mass is 35.5. The minimum atomic E-state index is 0. The Hall–Kier alpha value is -0.810. The van der Waals surface area contributed by atoms with Crippen molar-refractivity contribution in [2.75, 3.05) is 39.3 Å². The number of halogens is 2. The summed E-state index contributed by atoms with van der Waals surface area (Å²) in [6, 6.07) is 7.41. The van der Waals surface area contributed by atoms with Gasteiger partial charge in [-0.25, -0.2) is 0 Å². The van der Waals surface area contributed by atoms with Crippen LogP contribution in [0.15, 0.2) is 24.3 Å². The molecule has 1 fully saturated rings. The SMILES string of the molecule is Cl.O=C(Cc1ccc(Cl)cc1)NCCCN1CCNCC1. The van der Waals surface area contributed by atoms with Crippen LogP contribution in [0.5, 0.6) is 0 Å². The van der Waals surface area contributed by atoms with Gasteiger partial charge in [0.25, 0.3) is 0 Å². The molecule has 0 radical (unpaired) electrons. The van der Waals surface area contributed by atoms with Crippen LogP contribution in [0.4, 0.5) is 0 Å². The van der Waals surface area contributed by atoms with Crippen LogP contribution < -0.4 is 10.6 Å². The molecule has 4 nitrogen and oxygen atoms in total. The molecule has 0 atom stereocenters. The second-order valence-corrected chi connectivity index (χ2v) is 5.53. The summed E-state index contributed by atoms with van der Waals surface area (Å²) < 4.78 is 0. The number of hydrogen-bond acceptors (Lipinski definition) is 3. The maximum atomic E-state index is 11.8. The third kappa shape index (κ3) is 7.14. The number of carbonyl (C=O) groups excluding carboxylic acids is 1. The molecule has 118 valence electrons. The smallest absolute Gasteiger partial charge is 0.224 e. The highest BCUT2D eigenvalue weighted by molar-refractivity contribution is 6.30. The molecule has 21 heavy (non-hydrogen) atoms. The average molecular weight is 332 g/mol. The lowest BCUT2D eigenvalue weighted by Crippen LogP contribution is -2.44. The molecule has 0 aromatic heterocycles. The number of carbonyl (C=O) groups is 1. The molecule has 2 rings (SSSR count). The standard InChI is InChI=1S/C15H22ClN3O.ClH/c16-14-4-2-13(3-5-14)12-15(20)18-6-1-9-19-10-7-17-8-11-19;/h2-5,17H,1,6-12H2,(H,18,20);1H.